The van der Waals surface area contributed by atoms with Crippen LogP contribution in [-0.4, -0.2) is 45.8 Å². The lowest BCUT2D eigenvalue weighted by molar-refractivity contribution is -0.152. The molecule has 1 amide bonds. The molecular weight excluding hydrogens is 381 g/mol. The van der Waals surface area contributed by atoms with Gasteiger partial charge in [-0.05, 0) is 48.6 Å². The summed E-state index contributed by atoms with van der Waals surface area (Å²) in [5, 5.41) is 30.0. The van der Waals surface area contributed by atoms with Crippen LogP contribution in [0.15, 0.2) is 48.5 Å². The number of carboxylic acid groups (broad SMARTS) is 2. The standard InChI is InChI=1S/C21H22FNO6/c1-21(12-24,20(28)29)11-17(23-18(25)19(26)27)10-13-2-4-14(5-3-13)15-6-8-16(22)9-7-15/h2-9,17,24H,10-12H2,1H3,(H,23,25)(H,26,27)(H,28,29). The number of rotatable bonds is 8. The van der Waals surface area contributed by atoms with Crippen LogP contribution >= 0.6 is 0 Å². The molecule has 0 saturated heterocycles. The lowest BCUT2D eigenvalue weighted by Crippen LogP contribution is -2.46. The summed E-state index contributed by atoms with van der Waals surface area (Å²) >= 11 is 0. The Morgan fingerprint density at radius 3 is 1.97 bits per heavy atom. The van der Waals surface area contributed by atoms with E-state index in [1.54, 1.807) is 36.4 Å². The van der Waals surface area contributed by atoms with Crippen LogP contribution in [0.5, 0.6) is 0 Å². The number of hydrogen-bond acceptors (Lipinski definition) is 4. The predicted octanol–water partition coefficient (Wildman–Crippen LogP) is 2.08. The first-order chi connectivity index (χ1) is 13.6. The van der Waals surface area contributed by atoms with E-state index >= 15 is 0 Å². The minimum Gasteiger partial charge on any atom is -0.481 e. The van der Waals surface area contributed by atoms with Gasteiger partial charge in [-0.2, -0.15) is 0 Å². The summed E-state index contributed by atoms with van der Waals surface area (Å²) in [4.78, 5) is 33.9. The molecule has 7 nitrogen and oxygen atoms in total. The van der Waals surface area contributed by atoms with Gasteiger partial charge in [0.25, 0.3) is 0 Å². The highest BCUT2D eigenvalue weighted by atomic mass is 19.1. The van der Waals surface area contributed by atoms with Gasteiger partial charge in [0.15, 0.2) is 0 Å². The molecule has 0 spiro atoms. The molecule has 0 bridgehead atoms. The molecule has 0 heterocycles. The average molecular weight is 403 g/mol. The first-order valence-electron chi connectivity index (χ1n) is 8.87. The van der Waals surface area contributed by atoms with Crippen LogP contribution in [0, 0.1) is 11.2 Å². The fourth-order valence-electron chi connectivity index (χ4n) is 2.94. The van der Waals surface area contributed by atoms with Gasteiger partial charge in [0.1, 0.15) is 5.82 Å². The molecule has 0 aromatic heterocycles. The van der Waals surface area contributed by atoms with E-state index in [1.165, 1.54) is 19.1 Å². The fraction of sp³-hybridized carbons (Fsp3) is 0.286. The highest BCUT2D eigenvalue weighted by Gasteiger charge is 2.36. The molecule has 0 aliphatic heterocycles. The van der Waals surface area contributed by atoms with Crippen molar-refractivity contribution >= 4 is 17.8 Å². The van der Waals surface area contributed by atoms with Crippen LogP contribution in [0.4, 0.5) is 4.39 Å². The highest BCUT2D eigenvalue weighted by Crippen LogP contribution is 2.26. The molecule has 29 heavy (non-hydrogen) atoms. The summed E-state index contributed by atoms with van der Waals surface area (Å²) in [7, 11) is 0. The van der Waals surface area contributed by atoms with Crippen LogP contribution in [0.2, 0.25) is 0 Å². The first-order valence-corrected chi connectivity index (χ1v) is 8.87. The third-order valence-corrected chi connectivity index (χ3v) is 4.71. The van der Waals surface area contributed by atoms with Crippen molar-refractivity contribution < 1.29 is 34.1 Å². The van der Waals surface area contributed by atoms with Crippen molar-refractivity contribution in [3.63, 3.8) is 0 Å². The van der Waals surface area contributed by atoms with Crippen molar-refractivity contribution in [1.82, 2.24) is 5.32 Å². The van der Waals surface area contributed by atoms with Crippen LogP contribution in [0.1, 0.15) is 18.9 Å². The van der Waals surface area contributed by atoms with Gasteiger partial charge in [-0.15, -0.1) is 0 Å². The quantitative estimate of drug-likeness (QED) is 0.501. The maximum Gasteiger partial charge on any atom is 0.394 e. The number of amides is 1. The van der Waals surface area contributed by atoms with E-state index < -0.39 is 35.9 Å². The van der Waals surface area contributed by atoms with E-state index in [0.29, 0.717) is 0 Å². The molecule has 4 N–H and O–H groups in total. The Balaban J connectivity index is 2.20. The number of nitrogens with one attached hydrogen (secondary N) is 1. The van der Waals surface area contributed by atoms with Crippen molar-refractivity contribution in [2.75, 3.05) is 6.61 Å². The van der Waals surface area contributed by atoms with Crippen LogP contribution < -0.4 is 5.32 Å². The van der Waals surface area contributed by atoms with Gasteiger partial charge in [-0.1, -0.05) is 36.4 Å². The lowest BCUT2D eigenvalue weighted by atomic mass is 9.82. The second-order valence-corrected chi connectivity index (χ2v) is 7.11. The number of carbonyl (C=O) groups is 3. The topological polar surface area (TPSA) is 124 Å². The van der Waals surface area contributed by atoms with E-state index in [4.69, 9.17) is 5.11 Å². The average Bonchev–Trinajstić information content (AvgIpc) is 2.68. The van der Waals surface area contributed by atoms with E-state index in [9.17, 15) is 29.0 Å². The number of carbonyl (C=O) groups excluding carboxylic acids is 1. The number of benzene rings is 2. The first kappa shape index (κ1) is 22.0. The third kappa shape index (κ3) is 5.86. The summed E-state index contributed by atoms with van der Waals surface area (Å²) in [5.41, 5.74) is 0.847. The van der Waals surface area contributed by atoms with Crippen LogP contribution in [0.25, 0.3) is 11.1 Å². The molecule has 0 aliphatic carbocycles. The second kappa shape index (κ2) is 9.29. The van der Waals surface area contributed by atoms with E-state index in [2.05, 4.69) is 5.32 Å². The van der Waals surface area contributed by atoms with Crippen molar-refractivity contribution in [2.45, 2.75) is 25.8 Å². The van der Waals surface area contributed by atoms with E-state index in [-0.39, 0.29) is 18.7 Å². The summed E-state index contributed by atoms with van der Waals surface area (Å²) in [6.07, 6.45) is 0.0170. The zero-order valence-corrected chi connectivity index (χ0v) is 15.8. The zero-order valence-electron chi connectivity index (χ0n) is 15.8. The lowest BCUT2D eigenvalue weighted by Gasteiger charge is -2.28. The van der Waals surface area contributed by atoms with Gasteiger partial charge in [-0.25, -0.2) is 9.18 Å². The minimum atomic E-state index is -1.68. The van der Waals surface area contributed by atoms with Gasteiger partial charge < -0.3 is 20.6 Å². The Hall–Kier alpha value is -3.26. The third-order valence-electron chi connectivity index (χ3n) is 4.71. The normalized spacial score (nSPS) is 13.9. The Morgan fingerprint density at radius 1 is 1.00 bits per heavy atom. The molecule has 0 fully saturated rings. The maximum atomic E-state index is 13.1. The van der Waals surface area contributed by atoms with E-state index in [0.717, 1.165) is 16.7 Å². The molecule has 154 valence electrons. The Labute approximate surface area is 166 Å². The molecule has 0 radical (unpaired) electrons. The van der Waals surface area contributed by atoms with Crippen LogP contribution in [-0.2, 0) is 20.8 Å². The Bertz CT molecular complexity index is 881. The van der Waals surface area contributed by atoms with Crippen molar-refractivity contribution in [1.29, 1.82) is 0 Å². The van der Waals surface area contributed by atoms with E-state index in [1.807, 2.05) is 0 Å². The van der Waals surface area contributed by atoms with Gasteiger partial charge >= 0.3 is 17.8 Å². The smallest absolute Gasteiger partial charge is 0.394 e. The zero-order chi connectivity index (χ0) is 21.6. The van der Waals surface area contributed by atoms with Gasteiger partial charge in [0.2, 0.25) is 0 Å². The number of aliphatic carboxylic acids is 2. The Morgan fingerprint density at radius 2 is 1.52 bits per heavy atom. The summed E-state index contributed by atoms with van der Waals surface area (Å²) in [5.74, 6) is -4.51. The van der Waals surface area contributed by atoms with Gasteiger partial charge in [0.05, 0.1) is 12.0 Å². The molecule has 0 saturated carbocycles. The molecule has 2 rings (SSSR count). The van der Waals surface area contributed by atoms with Crippen molar-refractivity contribution in [3.8, 4) is 11.1 Å². The number of halogens is 1. The van der Waals surface area contributed by atoms with Crippen LogP contribution in [0.3, 0.4) is 0 Å². The van der Waals surface area contributed by atoms with Gasteiger partial charge in [0, 0.05) is 6.04 Å². The molecule has 2 unspecified atom stereocenters. The number of aliphatic hydroxyl groups excluding tert-OH is 1. The largest absolute Gasteiger partial charge is 0.481 e. The SMILES string of the molecule is CC(CO)(CC(Cc1ccc(-c2ccc(F)cc2)cc1)NC(=O)C(=O)O)C(=O)O. The summed E-state index contributed by atoms with van der Waals surface area (Å²) < 4.78 is 13.1. The number of hydrogen-bond donors (Lipinski definition) is 4. The molecule has 2 atom stereocenters. The molecule has 2 aromatic rings. The molecule has 0 aliphatic rings. The van der Waals surface area contributed by atoms with Crippen molar-refractivity contribution in [3.05, 3.63) is 59.9 Å². The summed E-state index contributed by atoms with van der Waals surface area (Å²) in [6.45, 7) is 0.665. The molecule has 8 heteroatoms. The van der Waals surface area contributed by atoms with Crippen molar-refractivity contribution in [2.24, 2.45) is 5.41 Å². The number of aliphatic hydroxyl groups is 1. The number of carboxylic acids is 2. The molecular formula is C21H22FNO6. The Kier molecular flexibility index (Phi) is 7.06. The second-order valence-electron chi connectivity index (χ2n) is 7.11. The summed E-state index contributed by atoms with van der Waals surface area (Å²) in [6, 6.07) is 12.3. The highest BCUT2D eigenvalue weighted by molar-refractivity contribution is 6.31. The van der Waals surface area contributed by atoms with Gasteiger partial charge in [-0.3, -0.25) is 9.59 Å². The monoisotopic (exact) mass is 403 g/mol. The maximum absolute atomic E-state index is 13.1. The molecule has 2 aromatic carbocycles. The fourth-order valence-corrected chi connectivity index (χ4v) is 2.94. The minimum absolute atomic E-state index is 0.155. The predicted molar refractivity (Wildman–Crippen MR) is 103 cm³/mol.